The maximum Gasteiger partial charge on any atom is 0.276 e. The number of nitrogens with zero attached hydrogens (tertiary/aromatic N) is 4. The van der Waals surface area contributed by atoms with Crippen LogP contribution in [0.1, 0.15) is 53.0 Å². The molecule has 182 valence electrons. The standard InChI is InChI=1S/C24H25ClN6O3S/c1-30(2)22(33)12-5-6-13-16(9-12)35-21-17(13)19(26-11-27-21)28-15-10-14(25)18-20(32)29-24(7-3-4-8-24)31(18)23(15)34/h10-12H,3-9H2,1-2H3,(H,29,32)(H,26,27,28)/t12-/m0/s1. The van der Waals surface area contributed by atoms with E-state index >= 15 is 0 Å². The highest BCUT2D eigenvalue weighted by Crippen LogP contribution is 2.42. The number of hydrogen-bond donors (Lipinski definition) is 2. The lowest BCUT2D eigenvalue weighted by atomic mass is 9.87. The highest BCUT2D eigenvalue weighted by molar-refractivity contribution is 7.19. The van der Waals surface area contributed by atoms with E-state index in [-0.39, 0.29) is 39.7 Å². The molecular formula is C24H25ClN6O3S. The number of carbonyl (C=O) groups is 2. The van der Waals surface area contributed by atoms with Crippen LogP contribution in [-0.2, 0) is 23.3 Å². The Morgan fingerprint density at radius 1 is 1.29 bits per heavy atom. The molecule has 1 spiro atoms. The van der Waals surface area contributed by atoms with Gasteiger partial charge in [-0.3, -0.25) is 19.0 Å². The van der Waals surface area contributed by atoms with Gasteiger partial charge in [-0.2, -0.15) is 0 Å². The summed E-state index contributed by atoms with van der Waals surface area (Å²) in [6.45, 7) is 0. The van der Waals surface area contributed by atoms with Crippen molar-refractivity contribution >= 4 is 56.5 Å². The summed E-state index contributed by atoms with van der Waals surface area (Å²) in [7, 11) is 3.57. The maximum atomic E-state index is 13.6. The predicted molar refractivity (Wildman–Crippen MR) is 135 cm³/mol. The van der Waals surface area contributed by atoms with E-state index in [1.807, 2.05) is 0 Å². The summed E-state index contributed by atoms with van der Waals surface area (Å²) in [5.41, 5.74) is 0.630. The van der Waals surface area contributed by atoms with Crippen LogP contribution in [0, 0.1) is 5.92 Å². The maximum absolute atomic E-state index is 13.6. The lowest BCUT2D eigenvalue weighted by Gasteiger charge is -2.26. The minimum absolute atomic E-state index is 0.0391. The van der Waals surface area contributed by atoms with Gasteiger partial charge in [0.25, 0.3) is 11.5 Å². The number of hydrogen-bond acceptors (Lipinski definition) is 7. The fraction of sp³-hybridized carbons (Fsp3) is 0.458. The Hall–Kier alpha value is -2.98. The molecule has 6 rings (SSSR count). The molecule has 2 aliphatic carbocycles. The van der Waals surface area contributed by atoms with E-state index < -0.39 is 5.66 Å². The van der Waals surface area contributed by atoms with Crippen molar-refractivity contribution in [3.63, 3.8) is 0 Å². The Bertz CT molecular complexity index is 1460. The summed E-state index contributed by atoms with van der Waals surface area (Å²) >= 11 is 8.10. The van der Waals surface area contributed by atoms with Gasteiger partial charge in [0.05, 0.1) is 10.4 Å². The molecule has 35 heavy (non-hydrogen) atoms. The minimum Gasteiger partial charge on any atom is -0.349 e. The van der Waals surface area contributed by atoms with Gasteiger partial charge in [-0.1, -0.05) is 11.6 Å². The van der Waals surface area contributed by atoms with Crippen molar-refractivity contribution in [2.75, 3.05) is 19.4 Å². The van der Waals surface area contributed by atoms with Gasteiger partial charge < -0.3 is 15.5 Å². The first kappa shape index (κ1) is 22.5. The molecule has 0 bridgehead atoms. The van der Waals surface area contributed by atoms with Crippen molar-refractivity contribution in [3.8, 4) is 0 Å². The van der Waals surface area contributed by atoms with Crippen molar-refractivity contribution in [2.24, 2.45) is 5.92 Å². The number of aryl methyl sites for hydroxylation is 1. The molecule has 0 unspecified atom stereocenters. The number of amides is 2. The van der Waals surface area contributed by atoms with Crippen molar-refractivity contribution in [3.05, 3.63) is 43.9 Å². The number of fused-ring (bicyclic) bond motifs is 5. The molecule has 0 aromatic carbocycles. The molecule has 0 radical (unpaired) electrons. The smallest absolute Gasteiger partial charge is 0.276 e. The molecular weight excluding hydrogens is 488 g/mol. The first-order valence-corrected chi connectivity index (χ1v) is 13.0. The predicted octanol–water partition coefficient (Wildman–Crippen LogP) is 3.41. The van der Waals surface area contributed by atoms with Crippen LogP contribution >= 0.6 is 22.9 Å². The molecule has 1 saturated carbocycles. The summed E-state index contributed by atoms with van der Waals surface area (Å²) in [5, 5.41) is 7.35. The highest BCUT2D eigenvalue weighted by atomic mass is 35.5. The van der Waals surface area contributed by atoms with Crippen LogP contribution in [0.4, 0.5) is 11.5 Å². The zero-order chi connectivity index (χ0) is 24.5. The van der Waals surface area contributed by atoms with Crippen molar-refractivity contribution in [2.45, 2.75) is 50.6 Å². The van der Waals surface area contributed by atoms with Crippen molar-refractivity contribution < 1.29 is 9.59 Å². The van der Waals surface area contributed by atoms with Crippen LogP contribution in [0.15, 0.2) is 17.2 Å². The van der Waals surface area contributed by atoms with Gasteiger partial charge in [0.1, 0.15) is 34.0 Å². The monoisotopic (exact) mass is 512 g/mol. The Balaban J connectivity index is 1.42. The van der Waals surface area contributed by atoms with E-state index in [9.17, 15) is 14.4 Å². The number of aromatic nitrogens is 3. The van der Waals surface area contributed by atoms with E-state index in [0.29, 0.717) is 25.1 Å². The molecule has 11 heteroatoms. The largest absolute Gasteiger partial charge is 0.349 e. The second kappa shape index (κ2) is 8.03. The fourth-order valence-electron chi connectivity index (χ4n) is 5.84. The summed E-state index contributed by atoms with van der Waals surface area (Å²) in [6, 6.07) is 1.52. The first-order valence-electron chi connectivity index (χ1n) is 11.8. The SMILES string of the molecule is CN(C)C(=O)[C@H]1CCc2c(sc3ncnc(Nc4cc(Cl)c5n(c4=O)C4(CCCC4)NC5=O)c23)C1. The lowest BCUT2D eigenvalue weighted by molar-refractivity contribution is -0.133. The highest BCUT2D eigenvalue weighted by Gasteiger charge is 2.46. The quantitative estimate of drug-likeness (QED) is 0.556. The average Bonchev–Trinajstić information content (AvgIpc) is 3.52. The summed E-state index contributed by atoms with van der Waals surface area (Å²) < 4.78 is 1.55. The second-order valence-electron chi connectivity index (χ2n) is 9.79. The van der Waals surface area contributed by atoms with Gasteiger partial charge in [0.15, 0.2) is 0 Å². The second-order valence-corrected chi connectivity index (χ2v) is 11.3. The molecule has 9 nitrogen and oxygen atoms in total. The number of anilines is 2. The Morgan fingerprint density at radius 3 is 2.80 bits per heavy atom. The van der Waals surface area contributed by atoms with E-state index in [2.05, 4.69) is 20.6 Å². The fourth-order valence-corrected chi connectivity index (χ4v) is 7.38. The molecule has 1 fully saturated rings. The molecule has 2 amide bonds. The van der Waals surface area contributed by atoms with E-state index in [0.717, 1.165) is 46.3 Å². The number of thiophene rings is 1. The van der Waals surface area contributed by atoms with Crippen LogP contribution in [0.25, 0.3) is 10.2 Å². The number of halogens is 1. The van der Waals surface area contributed by atoms with E-state index in [4.69, 9.17) is 11.6 Å². The van der Waals surface area contributed by atoms with Gasteiger partial charge in [-0.25, -0.2) is 9.97 Å². The number of rotatable bonds is 3. The average molecular weight is 513 g/mol. The van der Waals surface area contributed by atoms with Crippen LogP contribution in [0.3, 0.4) is 0 Å². The zero-order valence-electron chi connectivity index (χ0n) is 19.5. The summed E-state index contributed by atoms with van der Waals surface area (Å²) in [5.74, 6) is 0.333. The zero-order valence-corrected chi connectivity index (χ0v) is 21.1. The van der Waals surface area contributed by atoms with Gasteiger partial charge in [-0.05, 0) is 56.6 Å². The number of nitrogens with one attached hydrogen (secondary N) is 2. The topological polar surface area (TPSA) is 109 Å². The first-order chi connectivity index (χ1) is 16.8. The number of pyridine rings is 1. The minimum atomic E-state index is -0.707. The normalized spacial score (nSPS) is 20.1. The molecule has 3 aliphatic rings. The molecule has 1 atom stereocenters. The van der Waals surface area contributed by atoms with Crippen LogP contribution in [-0.4, -0.2) is 45.3 Å². The third-order valence-electron chi connectivity index (χ3n) is 7.46. The van der Waals surface area contributed by atoms with Gasteiger partial charge in [0.2, 0.25) is 5.91 Å². The molecule has 2 N–H and O–H groups in total. The molecule has 3 aromatic rings. The van der Waals surface area contributed by atoms with Crippen LogP contribution < -0.4 is 16.2 Å². The van der Waals surface area contributed by atoms with Crippen molar-refractivity contribution in [1.82, 2.24) is 24.8 Å². The Morgan fingerprint density at radius 2 is 2.06 bits per heavy atom. The van der Waals surface area contributed by atoms with Crippen molar-refractivity contribution in [1.29, 1.82) is 0 Å². The third-order valence-corrected chi connectivity index (χ3v) is 8.91. The summed E-state index contributed by atoms with van der Waals surface area (Å²) in [6.07, 6.45) is 6.93. The van der Waals surface area contributed by atoms with E-state index in [1.165, 1.54) is 12.4 Å². The summed E-state index contributed by atoms with van der Waals surface area (Å²) in [4.78, 5) is 51.4. The van der Waals surface area contributed by atoms with Gasteiger partial charge >= 0.3 is 0 Å². The Labute approximate surface area is 210 Å². The third kappa shape index (κ3) is 3.37. The number of carbonyl (C=O) groups excluding carboxylic acids is 2. The molecule has 3 aromatic heterocycles. The van der Waals surface area contributed by atoms with Gasteiger partial charge in [0, 0.05) is 24.9 Å². The van der Waals surface area contributed by atoms with Crippen LogP contribution in [0.5, 0.6) is 0 Å². The Kier molecular flexibility index (Phi) is 5.16. The van der Waals surface area contributed by atoms with E-state index in [1.54, 1.807) is 34.9 Å². The molecule has 0 saturated heterocycles. The molecule has 4 heterocycles. The lowest BCUT2D eigenvalue weighted by Crippen LogP contribution is -2.45. The van der Waals surface area contributed by atoms with Gasteiger partial charge in [-0.15, -0.1) is 11.3 Å². The molecule has 1 aliphatic heterocycles. The van der Waals surface area contributed by atoms with Crippen LogP contribution in [0.2, 0.25) is 5.02 Å².